The van der Waals surface area contributed by atoms with Gasteiger partial charge >= 0.3 is 0 Å². The van der Waals surface area contributed by atoms with Crippen molar-refractivity contribution in [3.63, 3.8) is 0 Å². The molecule has 2 aromatic rings. The first-order valence-electron chi connectivity index (χ1n) is 6.80. The minimum absolute atomic E-state index is 0.0532. The summed E-state index contributed by atoms with van der Waals surface area (Å²) in [5.74, 6) is 0. The third-order valence-electron chi connectivity index (χ3n) is 3.00. The van der Waals surface area contributed by atoms with Gasteiger partial charge in [0, 0.05) is 16.8 Å². The summed E-state index contributed by atoms with van der Waals surface area (Å²) in [6, 6.07) is 4.71. The van der Waals surface area contributed by atoms with Gasteiger partial charge in [-0.05, 0) is 24.6 Å². The Morgan fingerprint density at radius 3 is 2.91 bits per heavy atom. The largest absolute Gasteiger partial charge is 0.378 e. The van der Waals surface area contributed by atoms with Crippen LogP contribution in [-0.4, -0.2) is 33.3 Å². The van der Waals surface area contributed by atoms with E-state index < -0.39 is 16.7 Å². The number of rotatable bonds is 8. The van der Waals surface area contributed by atoms with Crippen LogP contribution in [0.15, 0.2) is 28.5 Å². The number of aromatic nitrogens is 1. The molecule has 0 radical (unpaired) electrons. The summed E-state index contributed by atoms with van der Waals surface area (Å²) in [5, 5.41) is 2.39. The predicted molar refractivity (Wildman–Crippen MR) is 89.6 cm³/mol. The van der Waals surface area contributed by atoms with Crippen LogP contribution in [0, 0.1) is 6.92 Å². The average molecular weight is 379 g/mol. The highest BCUT2D eigenvalue weighted by Crippen LogP contribution is 2.26. The molecule has 1 heterocycles. The van der Waals surface area contributed by atoms with Gasteiger partial charge in [0.15, 0.2) is 5.13 Å². The summed E-state index contributed by atoms with van der Waals surface area (Å²) in [7, 11) is -3.75. The van der Waals surface area contributed by atoms with Crippen LogP contribution in [0.3, 0.4) is 0 Å². The summed E-state index contributed by atoms with van der Waals surface area (Å²) < 4.78 is 44.2. The molecule has 0 unspecified atom stereocenters. The van der Waals surface area contributed by atoms with E-state index in [1.165, 1.54) is 17.4 Å². The van der Waals surface area contributed by atoms with Gasteiger partial charge in [-0.15, -0.1) is 11.3 Å². The number of hydrogen-bond donors (Lipinski definition) is 1. The van der Waals surface area contributed by atoms with Crippen molar-refractivity contribution in [2.24, 2.45) is 0 Å². The fourth-order valence-corrected chi connectivity index (χ4v) is 4.35. The first kappa shape index (κ1) is 18.1. The third-order valence-corrected chi connectivity index (χ3v) is 5.83. The van der Waals surface area contributed by atoms with Gasteiger partial charge in [0.1, 0.15) is 6.67 Å². The lowest BCUT2D eigenvalue weighted by Crippen LogP contribution is -2.14. The molecule has 2 rings (SSSR count). The lowest BCUT2D eigenvalue weighted by atomic mass is 10.2. The van der Waals surface area contributed by atoms with Crippen molar-refractivity contribution < 1.29 is 17.5 Å². The van der Waals surface area contributed by atoms with Gasteiger partial charge in [0.05, 0.1) is 23.8 Å². The van der Waals surface area contributed by atoms with Gasteiger partial charge in [-0.3, -0.25) is 4.72 Å². The van der Waals surface area contributed by atoms with E-state index in [-0.39, 0.29) is 16.6 Å². The molecule has 0 aliphatic carbocycles. The van der Waals surface area contributed by atoms with E-state index in [9.17, 15) is 12.8 Å². The maximum Gasteiger partial charge on any atom is 0.263 e. The predicted octanol–water partition coefficient (Wildman–Crippen LogP) is 3.43. The number of nitrogens with one attached hydrogen (secondary N) is 1. The Hall–Kier alpha value is -1.22. The summed E-state index contributed by atoms with van der Waals surface area (Å²) in [6.07, 6.45) is 0.494. The number of sulfonamides is 1. The van der Waals surface area contributed by atoms with Crippen molar-refractivity contribution in [3.05, 3.63) is 39.9 Å². The van der Waals surface area contributed by atoms with Gasteiger partial charge < -0.3 is 4.74 Å². The SMILES string of the molecule is Cc1c(Cl)cccc1S(=O)(=O)Nc1nc(CCOCCF)cs1. The Morgan fingerprint density at radius 1 is 1.39 bits per heavy atom. The Kier molecular flexibility index (Phi) is 6.34. The average Bonchev–Trinajstić information content (AvgIpc) is 2.93. The van der Waals surface area contributed by atoms with E-state index in [1.807, 2.05) is 0 Å². The number of ether oxygens (including phenoxy) is 1. The fraction of sp³-hybridized carbons (Fsp3) is 0.357. The highest BCUT2D eigenvalue weighted by atomic mass is 35.5. The lowest BCUT2D eigenvalue weighted by molar-refractivity contribution is 0.121. The molecule has 1 aromatic carbocycles. The highest BCUT2D eigenvalue weighted by Gasteiger charge is 2.19. The molecule has 23 heavy (non-hydrogen) atoms. The highest BCUT2D eigenvalue weighted by molar-refractivity contribution is 7.93. The first-order valence-corrected chi connectivity index (χ1v) is 9.54. The molecule has 0 atom stereocenters. The minimum atomic E-state index is -3.75. The summed E-state index contributed by atoms with van der Waals surface area (Å²) in [6.45, 7) is 1.51. The number of hydrogen-bond acceptors (Lipinski definition) is 5. The Labute approximate surface area is 143 Å². The fourth-order valence-electron chi connectivity index (χ4n) is 1.85. The Balaban J connectivity index is 2.06. The van der Waals surface area contributed by atoms with Crippen LogP contribution in [0.25, 0.3) is 0 Å². The van der Waals surface area contributed by atoms with E-state index in [1.54, 1.807) is 24.4 Å². The molecule has 0 amide bonds. The van der Waals surface area contributed by atoms with Crippen molar-refractivity contribution in [1.82, 2.24) is 4.98 Å². The van der Waals surface area contributed by atoms with Gasteiger partial charge in [0.25, 0.3) is 10.0 Å². The summed E-state index contributed by atoms with van der Waals surface area (Å²) >= 11 is 7.14. The molecule has 0 fully saturated rings. The molecule has 0 aliphatic heterocycles. The Bertz CT molecular complexity index is 765. The normalized spacial score (nSPS) is 11.6. The number of nitrogens with zero attached hydrogens (tertiary/aromatic N) is 1. The van der Waals surface area contributed by atoms with Crippen LogP contribution in [0.2, 0.25) is 5.02 Å². The molecule has 0 saturated heterocycles. The number of thiazole rings is 1. The third kappa shape index (κ3) is 4.87. The number of halogens is 2. The van der Waals surface area contributed by atoms with E-state index in [0.717, 1.165) is 0 Å². The number of anilines is 1. The molecule has 0 saturated carbocycles. The Morgan fingerprint density at radius 2 is 2.17 bits per heavy atom. The van der Waals surface area contributed by atoms with Crippen LogP contribution < -0.4 is 4.72 Å². The van der Waals surface area contributed by atoms with Gasteiger partial charge in [-0.2, -0.15) is 0 Å². The van der Waals surface area contributed by atoms with Crippen LogP contribution in [-0.2, 0) is 21.2 Å². The van der Waals surface area contributed by atoms with E-state index in [2.05, 4.69) is 9.71 Å². The minimum Gasteiger partial charge on any atom is -0.378 e. The molecule has 0 spiro atoms. The van der Waals surface area contributed by atoms with Gasteiger partial charge in [0.2, 0.25) is 0 Å². The van der Waals surface area contributed by atoms with Crippen molar-refractivity contribution in [2.45, 2.75) is 18.2 Å². The quantitative estimate of drug-likeness (QED) is 0.714. The zero-order valence-electron chi connectivity index (χ0n) is 12.4. The van der Waals surface area contributed by atoms with Crippen molar-refractivity contribution in [2.75, 3.05) is 24.6 Å². The lowest BCUT2D eigenvalue weighted by Gasteiger charge is -2.09. The molecule has 9 heteroatoms. The second-order valence-corrected chi connectivity index (χ2v) is 7.58. The molecule has 1 aromatic heterocycles. The van der Waals surface area contributed by atoms with Crippen molar-refractivity contribution in [1.29, 1.82) is 0 Å². The molecular formula is C14H16ClFN2O3S2. The smallest absolute Gasteiger partial charge is 0.263 e. The first-order chi connectivity index (χ1) is 10.9. The van der Waals surface area contributed by atoms with Crippen LogP contribution in [0.5, 0.6) is 0 Å². The van der Waals surface area contributed by atoms with E-state index in [0.29, 0.717) is 29.3 Å². The van der Waals surface area contributed by atoms with Gasteiger partial charge in [-0.1, -0.05) is 17.7 Å². The van der Waals surface area contributed by atoms with Gasteiger partial charge in [-0.25, -0.2) is 17.8 Å². The van der Waals surface area contributed by atoms with Crippen LogP contribution in [0.4, 0.5) is 9.52 Å². The zero-order chi connectivity index (χ0) is 16.9. The molecule has 126 valence electrons. The van der Waals surface area contributed by atoms with Crippen molar-refractivity contribution in [3.8, 4) is 0 Å². The molecular weight excluding hydrogens is 363 g/mol. The topological polar surface area (TPSA) is 68.3 Å². The van der Waals surface area contributed by atoms with E-state index in [4.69, 9.17) is 16.3 Å². The monoisotopic (exact) mass is 378 g/mol. The molecule has 0 bridgehead atoms. The zero-order valence-corrected chi connectivity index (χ0v) is 14.8. The van der Waals surface area contributed by atoms with Crippen LogP contribution >= 0.6 is 22.9 Å². The maximum absolute atomic E-state index is 12.4. The maximum atomic E-state index is 12.4. The van der Waals surface area contributed by atoms with Crippen LogP contribution in [0.1, 0.15) is 11.3 Å². The molecule has 1 N–H and O–H groups in total. The van der Waals surface area contributed by atoms with Crippen molar-refractivity contribution >= 4 is 38.1 Å². The number of benzene rings is 1. The summed E-state index contributed by atoms with van der Waals surface area (Å²) in [4.78, 5) is 4.31. The summed E-state index contributed by atoms with van der Waals surface area (Å²) in [5.41, 5.74) is 1.17. The second-order valence-electron chi connectivity index (χ2n) is 4.66. The number of alkyl halides is 1. The van der Waals surface area contributed by atoms with E-state index >= 15 is 0 Å². The standard InChI is InChI=1S/C14H16ClFN2O3S2/c1-10-12(15)3-2-4-13(10)23(19,20)18-14-17-11(9-22-14)5-7-21-8-6-16/h2-4,9H,5-8H2,1H3,(H,17,18). The molecule has 5 nitrogen and oxygen atoms in total. The second kappa shape index (κ2) is 8.05. The molecule has 0 aliphatic rings.